The monoisotopic (exact) mass is 348 g/mol. The molecule has 1 fully saturated rings. The average Bonchev–Trinajstić information content (AvgIpc) is 3.14. The molecule has 0 N–H and O–H groups in total. The molecule has 1 aliphatic rings. The molecule has 0 aliphatic carbocycles. The van der Waals surface area contributed by atoms with Crippen molar-refractivity contribution in [2.75, 3.05) is 19.7 Å². The Bertz CT molecular complexity index is 685. The predicted octanol–water partition coefficient (Wildman–Crippen LogP) is 3.31. The van der Waals surface area contributed by atoms with Gasteiger partial charge in [0.2, 0.25) is 0 Å². The molecule has 1 aliphatic heterocycles. The number of nitrogens with zero attached hydrogens (tertiary/aromatic N) is 4. The van der Waals surface area contributed by atoms with Gasteiger partial charge in [-0.1, -0.05) is 27.7 Å². The zero-order valence-electron chi connectivity index (χ0n) is 15.4. The number of hydrogen-bond donors (Lipinski definition) is 0. The Morgan fingerprint density at radius 2 is 2.17 bits per heavy atom. The van der Waals surface area contributed by atoms with Gasteiger partial charge in [-0.15, -0.1) is 11.3 Å². The van der Waals surface area contributed by atoms with Crippen molar-refractivity contribution < 1.29 is 4.74 Å². The predicted molar refractivity (Wildman–Crippen MR) is 97.4 cm³/mol. The lowest BCUT2D eigenvalue weighted by atomic mass is 9.93. The number of hydrogen-bond acceptors (Lipinski definition) is 5. The van der Waals surface area contributed by atoms with Crippen molar-refractivity contribution in [2.45, 2.75) is 52.2 Å². The summed E-state index contributed by atoms with van der Waals surface area (Å²) in [6.45, 7) is 12.3. The van der Waals surface area contributed by atoms with Crippen LogP contribution in [-0.2, 0) is 30.2 Å². The van der Waals surface area contributed by atoms with Crippen molar-refractivity contribution in [1.29, 1.82) is 0 Å². The molecule has 0 unspecified atom stereocenters. The number of aromatic nitrogens is 3. The van der Waals surface area contributed by atoms with Gasteiger partial charge in [-0.25, -0.2) is 4.98 Å². The zero-order chi connectivity index (χ0) is 17.3. The van der Waals surface area contributed by atoms with Gasteiger partial charge in [0.05, 0.1) is 18.0 Å². The summed E-state index contributed by atoms with van der Waals surface area (Å²) in [5, 5.41) is 7.83. The third-order valence-electron chi connectivity index (χ3n) is 4.44. The van der Waals surface area contributed by atoms with Crippen molar-refractivity contribution in [2.24, 2.45) is 7.05 Å². The second-order valence-corrected chi connectivity index (χ2v) is 8.43. The highest BCUT2D eigenvalue weighted by Gasteiger charge is 2.27. The first kappa shape index (κ1) is 17.6. The maximum atomic E-state index is 6.01. The Morgan fingerprint density at radius 3 is 2.83 bits per heavy atom. The van der Waals surface area contributed by atoms with E-state index in [0.717, 1.165) is 43.4 Å². The molecule has 5 nitrogen and oxygen atoms in total. The van der Waals surface area contributed by atoms with Gasteiger partial charge in [0.15, 0.2) is 0 Å². The first-order chi connectivity index (χ1) is 11.4. The van der Waals surface area contributed by atoms with Crippen LogP contribution in [0.1, 0.15) is 55.8 Å². The quantitative estimate of drug-likeness (QED) is 0.850. The van der Waals surface area contributed by atoms with E-state index < -0.39 is 0 Å². The first-order valence-electron chi connectivity index (χ1n) is 8.68. The number of ether oxygens (including phenoxy) is 1. The molecule has 6 heteroatoms. The molecule has 2 aromatic heterocycles. The summed E-state index contributed by atoms with van der Waals surface area (Å²) in [5.41, 5.74) is 3.78. The summed E-state index contributed by atoms with van der Waals surface area (Å²) in [6, 6.07) is 0. The first-order valence-corrected chi connectivity index (χ1v) is 9.56. The van der Waals surface area contributed by atoms with Crippen molar-refractivity contribution in [3.8, 4) is 0 Å². The minimum Gasteiger partial charge on any atom is -0.368 e. The highest BCUT2D eigenvalue weighted by atomic mass is 32.1. The van der Waals surface area contributed by atoms with Crippen molar-refractivity contribution in [1.82, 2.24) is 19.7 Å². The number of morpholine rings is 1. The maximum Gasteiger partial charge on any atom is 0.123 e. The Balaban J connectivity index is 1.69. The third-order valence-corrected chi connectivity index (χ3v) is 5.37. The maximum absolute atomic E-state index is 6.01. The van der Waals surface area contributed by atoms with Crippen LogP contribution in [0.3, 0.4) is 0 Å². The van der Waals surface area contributed by atoms with Gasteiger partial charge in [0.25, 0.3) is 0 Å². The van der Waals surface area contributed by atoms with Gasteiger partial charge in [-0.05, 0) is 6.42 Å². The second kappa shape index (κ2) is 6.94. The lowest BCUT2D eigenvalue weighted by Crippen LogP contribution is -2.38. The molecule has 0 spiro atoms. The van der Waals surface area contributed by atoms with E-state index in [9.17, 15) is 0 Å². The smallest absolute Gasteiger partial charge is 0.123 e. The Labute approximate surface area is 148 Å². The van der Waals surface area contributed by atoms with Crippen LogP contribution in [0.5, 0.6) is 0 Å². The van der Waals surface area contributed by atoms with Crippen LogP contribution < -0.4 is 0 Å². The fourth-order valence-corrected chi connectivity index (χ4v) is 4.11. The molecular formula is C18H28N4OS. The van der Waals surface area contributed by atoms with Crippen molar-refractivity contribution >= 4 is 11.3 Å². The summed E-state index contributed by atoms with van der Waals surface area (Å²) < 4.78 is 7.92. The van der Waals surface area contributed by atoms with Gasteiger partial charge in [0.1, 0.15) is 11.1 Å². The number of thiazole rings is 1. The van der Waals surface area contributed by atoms with Gasteiger partial charge in [-0.2, -0.15) is 5.10 Å². The normalized spacial score (nSPS) is 19.8. The van der Waals surface area contributed by atoms with Crippen LogP contribution in [0.15, 0.2) is 11.6 Å². The molecule has 0 amide bonds. The van der Waals surface area contributed by atoms with Gasteiger partial charge in [0, 0.05) is 49.2 Å². The Hall–Kier alpha value is -1.24. The van der Waals surface area contributed by atoms with E-state index in [2.05, 4.69) is 49.3 Å². The lowest BCUT2D eigenvalue weighted by Gasteiger charge is -2.31. The molecule has 3 heterocycles. The topological polar surface area (TPSA) is 43.2 Å². The molecule has 2 aromatic rings. The minimum atomic E-state index is 0.0848. The second-order valence-electron chi connectivity index (χ2n) is 7.54. The summed E-state index contributed by atoms with van der Waals surface area (Å²) >= 11 is 1.72. The number of aryl methyl sites for hydroxylation is 2. The van der Waals surface area contributed by atoms with E-state index >= 15 is 0 Å². The van der Waals surface area contributed by atoms with Crippen LogP contribution >= 0.6 is 11.3 Å². The minimum absolute atomic E-state index is 0.0848. The molecule has 0 saturated carbocycles. The van der Waals surface area contributed by atoms with Crippen LogP contribution in [0, 0.1) is 0 Å². The molecule has 1 saturated heterocycles. The molecular weight excluding hydrogens is 320 g/mol. The summed E-state index contributed by atoms with van der Waals surface area (Å²) in [4.78, 5) is 7.30. The van der Waals surface area contributed by atoms with Crippen LogP contribution in [-0.4, -0.2) is 39.4 Å². The van der Waals surface area contributed by atoms with E-state index in [1.165, 1.54) is 11.3 Å². The SMILES string of the molecule is CCc1nn(C)cc1CN1CCO[C@H](c2nc(C(C)(C)C)cs2)C1. The van der Waals surface area contributed by atoms with Crippen molar-refractivity contribution in [3.63, 3.8) is 0 Å². The van der Waals surface area contributed by atoms with Crippen molar-refractivity contribution in [3.05, 3.63) is 33.5 Å². The standard InChI is InChI=1S/C18H28N4OS/c1-6-14-13(9-21(5)20-14)10-22-7-8-23-15(11-22)17-19-16(12-24-17)18(2,3)4/h9,12,15H,6-8,10-11H2,1-5H3/t15-/m0/s1. The summed E-state index contributed by atoms with van der Waals surface area (Å²) in [5.74, 6) is 0. The summed E-state index contributed by atoms with van der Waals surface area (Å²) in [7, 11) is 1.99. The Morgan fingerprint density at radius 1 is 1.38 bits per heavy atom. The molecule has 3 rings (SSSR count). The summed E-state index contributed by atoms with van der Waals surface area (Å²) in [6.07, 6.45) is 3.21. The molecule has 132 valence electrons. The van der Waals surface area contributed by atoms with E-state index in [-0.39, 0.29) is 11.5 Å². The zero-order valence-corrected chi connectivity index (χ0v) is 16.2. The van der Waals surface area contributed by atoms with Crippen LogP contribution in [0.2, 0.25) is 0 Å². The van der Waals surface area contributed by atoms with Crippen LogP contribution in [0.25, 0.3) is 0 Å². The Kier molecular flexibility index (Phi) is 5.08. The molecule has 0 radical (unpaired) electrons. The van der Waals surface area contributed by atoms with E-state index in [1.807, 2.05) is 11.7 Å². The largest absolute Gasteiger partial charge is 0.368 e. The highest BCUT2D eigenvalue weighted by Crippen LogP contribution is 2.30. The molecule has 1 atom stereocenters. The fourth-order valence-electron chi connectivity index (χ4n) is 3.03. The molecule has 0 bridgehead atoms. The number of rotatable bonds is 4. The molecule has 24 heavy (non-hydrogen) atoms. The highest BCUT2D eigenvalue weighted by molar-refractivity contribution is 7.09. The lowest BCUT2D eigenvalue weighted by molar-refractivity contribution is -0.0331. The van der Waals surface area contributed by atoms with Gasteiger partial charge < -0.3 is 4.74 Å². The molecule has 0 aromatic carbocycles. The fraction of sp³-hybridized carbons (Fsp3) is 0.667. The average molecular weight is 349 g/mol. The van der Waals surface area contributed by atoms with Gasteiger partial charge in [-0.3, -0.25) is 9.58 Å². The van der Waals surface area contributed by atoms with Gasteiger partial charge >= 0.3 is 0 Å². The van der Waals surface area contributed by atoms with E-state index in [4.69, 9.17) is 9.72 Å². The third kappa shape index (κ3) is 3.87. The van der Waals surface area contributed by atoms with Crippen LogP contribution in [0.4, 0.5) is 0 Å². The van der Waals surface area contributed by atoms with E-state index in [1.54, 1.807) is 11.3 Å². The van der Waals surface area contributed by atoms with E-state index in [0.29, 0.717) is 0 Å².